The topological polar surface area (TPSA) is 141 Å². The third-order valence-electron chi connectivity index (χ3n) is 3.36. The second-order valence-corrected chi connectivity index (χ2v) is 7.36. The van der Waals surface area contributed by atoms with Crippen LogP contribution in [-0.4, -0.2) is 44.5 Å². The number of rotatable bonds is 10. The van der Waals surface area contributed by atoms with E-state index < -0.39 is 18.8 Å². The number of nitrogens with one attached hydrogen (secondary N) is 2. The second kappa shape index (κ2) is 9.04. The number of ether oxygens (including phenoxy) is 1. The van der Waals surface area contributed by atoms with E-state index in [1.54, 1.807) is 20.8 Å². The SMILES string of the molecule is CCOP(=O)(COCc1nn[nH]c1Cn1cc(C)c(=O)[nH]c1=O)OCC. The van der Waals surface area contributed by atoms with Crippen molar-refractivity contribution in [2.24, 2.45) is 0 Å². The number of H-pyrrole nitrogens is 2. The number of hydrogen-bond acceptors (Lipinski definition) is 8. The van der Waals surface area contributed by atoms with Gasteiger partial charge in [0.2, 0.25) is 0 Å². The van der Waals surface area contributed by atoms with Crippen LogP contribution in [0.15, 0.2) is 15.8 Å². The molecule has 0 bridgehead atoms. The zero-order valence-corrected chi connectivity index (χ0v) is 15.7. The molecule has 0 amide bonds. The van der Waals surface area contributed by atoms with Crippen LogP contribution in [0.25, 0.3) is 0 Å². The Bertz CT molecular complexity index is 878. The summed E-state index contributed by atoms with van der Waals surface area (Å²) in [6, 6.07) is 0. The largest absolute Gasteiger partial charge is 0.362 e. The highest BCUT2D eigenvalue weighted by atomic mass is 31.2. The first-order valence-electron chi connectivity index (χ1n) is 8.03. The normalized spacial score (nSPS) is 11.8. The van der Waals surface area contributed by atoms with Crippen LogP contribution in [0.3, 0.4) is 0 Å². The molecular weight excluding hydrogens is 365 g/mol. The predicted molar refractivity (Wildman–Crippen MR) is 92.1 cm³/mol. The number of aryl methyl sites for hydroxylation is 1. The fourth-order valence-corrected chi connectivity index (χ4v) is 3.50. The molecule has 0 atom stereocenters. The van der Waals surface area contributed by atoms with Gasteiger partial charge in [0.1, 0.15) is 12.0 Å². The van der Waals surface area contributed by atoms with Crippen LogP contribution >= 0.6 is 7.60 Å². The third kappa shape index (κ3) is 5.21. The van der Waals surface area contributed by atoms with E-state index in [0.717, 1.165) is 0 Å². The Labute approximate surface area is 149 Å². The number of nitrogens with zero attached hydrogens (tertiary/aromatic N) is 3. The van der Waals surface area contributed by atoms with Crippen molar-refractivity contribution in [2.45, 2.75) is 33.9 Å². The maximum Gasteiger partial charge on any atom is 0.356 e. The average Bonchev–Trinajstić information content (AvgIpc) is 3.00. The van der Waals surface area contributed by atoms with Gasteiger partial charge in [-0.3, -0.25) is 24.0 Å². The molecule has 0 saturated heterocycles. The Morgan fingerprint density at radius 1 is 1.23 bits per heavy atom. The van der Waals surface area contributed by atoms with Gasteiger partial charge in [0.25, 0.3) is 5.56 Å². The van der Waals surface area contributed by atoms with Crippen molar-refractivity contribution >= 4 is 7.60 Å². The highest BCUT2D eigenvalue weighted by Crippen LogP contribution is 2.47. The van der Waals surface area contributed by atoms with E-state index in [1.165, 1.54) is 10.8 Å². The van der Waals surface area contributed by atoms with Gasteiger partial charge in [-0.15, -0.1) is 5.10 Å². The minimum Gasteiger partial charge on any atom is -0.362 e. The molecule has 0 spiro atoms. The zero-order chi connectivity index (χ0) is 19.2. The molecule has 2 N–H and O–H groups in total. The maximum atomic E-state index is 12.3. The molecule has 2 aromatic heterocycles. The fourth-order valence-electron chi connectivity index (χ4n) is 2.18. The fraction of sp³-hybridized carbons (Fsp3) is 0.571. The van der Waals surface area contributed by atoms with E-state index in [0.29, 0.717) is 17.0 Å². The molecule has 0 fully saturated rings. The Hall–Kier alpha value is -2.07. The molecule has 2 rings (SSSR count). The summed E-state index contributed by atoms with van der Waals surface area (Å²) in [6.07, 6.45) is 1.23. The van der Waals surface area contributed by atoms with Crippen molar-refractivity contribution in [3.05, 3.63) is 44.0 Å². The number of aromatic amines is 2. The van der Waals surface area contributed by atoms with Crippen LogP contribution in [0.5, 0.6) is 0 Å². The summed E-state index contributed by atoms with van der Waals surface area (Å²) in [4.78, 5) is 25.5. The lowest BCUT2D eigenvalue weighted by Gasteiger charge is -2.16. The first-order valence-corrected chi connectivity index (χ1v) is 9.76. The first-order chi connectivity index (χ1) is 12.4. The highest BCUT2D eigenvalue weighted by molar-refractivity contribution is 7.53. The van der Waals surface area contributed by atoms with Crippen molar-refractivity contribution in [3.8, 4) is 0 Å². The summed E-state index contributed by atoms with van der Waals surface area (Å²) < 4.78 is 29.4. The molecule has 26 heavy (non-hydrogen) atoms. The molecular formula is C14H22N5O6P. The summed E-state index contributed by atoms with van der Waals surface area (Å²) in [5.74, 6) is 0. The standard InChI is InChI=1S/C14H22N5O6P/c1-4-24-26(22,25-5-2)9-23-8-12-11(16-18-17-12)7-19-6-10(3)13(20)15-14(19)21/h6H,4-5,7-9H2,1-3H3,(H,15,20,21)(H,16,17,18). The Morgan fingerprint density at radius 3 is 2.58 bits per heavy atom. The van der Waals surface area contributed by atoms with Crippen molar-refractivity contribution < 1.29 is 18.3 Å². The lowest BCUT2D eigenvalue weighted by atomic mass is 10.3. The van der Waals surface area contributed by atoms with Gasteiger partial charge in [-0.2, -0.15) is 0 Å². The van der Waals surface area contributed by atoms with Crippen molar-refractivity contribution in [1.82, 2.24) is 25.0 Å². The molecule has 2 heterocycles. The highest BCUT2D eigenvalue weighted by Gasteiger charge is 2.24. The molecule has 0 unspecified atom stereocenters. The van der Waals surface area contributed by atoms with Gasteiger partial charge in [-0.1, -0.05) is 5.21 Å². The number of aromatic nitrogens is 5. The molecule has 144 valence electrons. The molecule has 0 saturated carbocycles. The summed E-state index contributed by atoms with van der Waals surface area (Å²) in [5.41, 5.74) is 0.408. The minimum absolute atomic E-state index is 0.00700. The van der Waals surface area contributed by atoms with Crippen LogP contribution in [0.1, 0.15) is 30.8 Å². The maximum absolute atomic E-state index is 12.3. The molecule has 0 aliphatic heterocycles. The molecule has 0 aromatic carbocycles. The quantitative estimate of drug-likeness (QED) is 0.569. The van der Waals surface area contributed by atoms with Crippen molar-refractivity contribution in [2.75, 3.05) is 19.6 Å². The van der Waals surface area contributed by atoms with E-state index in [1.807, 2.05) is 0 Å². The first kappa shape index (κ1) is 20.2. The van der Waals surface area contributed by atoms with E-state index in [-0.39, 0.29) is 32.7 Å². The second-order valence-electron chi connectivity index (χ2n) is 5.36. The lowest BCUT2D eigenvalue weighted by molar-refractivity contribution is 0.120. The Morgan fingerprint density at radius 2 is 1.92 bits per heavy atom. The van der Waals surface area contributed by atoms with Crippen LogP contribution < -0.4 is 11.2 Å². The smallest absolute Gasteiger partial charge is 0.356 e. The van der Waals surface area contributed by atoms with Crippen LogP contribution in [0.4, 0.5) is 0 Å². The van der Waals surface area contributed by atoms with E-state index in [9.17, 15) is 14.2 Å². The van der Waals surface area contributed by atoms with Crippen LogP contribution in [0.2, 0.25) is 0 Å². The van der Waals surface area contributed by atoms with E-state index >= 15 is 0 Å². The lowest BCUT2D eigenvalue weighted by Crippen LogP contribution is -2.31. The zero-order valence-electron chi connectivity index (χ0n) is 14.9. The Kier molecular flexibility index (Phi) is 7.04. The summed E-state index contributed by atoms with van der Waals surface area (Å²) >= 11 is 0. The molecule has 11 nitrogen and oxygen atoms in total. The minimum atomic E-state index is -3.31. The summed E-state index contributed by atoms with van der Waals surface area (Å²) in [6.45, 7) is 5.64. The van der Waals surface area contributed by atoms with Gasteiger partial charge < -0.3 is 13.8 Å². The van der Waals surface area contributed by atoms with Crippen LogP contribution in [0, 0.1) is 6.92 Å². The molecule has 0 aliphatic carbocycles. The molecule has 2 aromatic rings. The van der Waals surface area contributed by atoms with Gasteiger partial charge >= 0.3 is 13.3 Å². The monoisotopic (exact) mass is 387 g/mol. The predicted octanol–water partition coefficient (Wildman–Crippen LogP) is 0.752. The molecule has 12 heteroatoms. The van der Waals surface area contributed by atoms with Crippen molar-refractivity contribution in [3.63, 3.8) is 0 Å². The number of hydrogen-bond donors (Lipinski definition) is 2. The van der Waals surface area contributed by atoms with Gasteiger partial charge in [0.05, 0.1) is 32.1 Å². The molecule has 0 aliphatic rings. The third-order valence-corrected chi connectivity index (χ3v) is 5.16. The van der Waals surface area contributed by atoms with Crippen molar-refractivity contribution in [1.29, 1.82) is 0 Å². The van der Waals surface area contributed by atoms with Gasteiger partial charge in [0, 0.05) is 11.8 Å². The average molecular weight is 387 g/mol. The summed E-state index contributed by atoms with van der Waals surface area (Å²) in [5, 5.41) is 10.3. The summed E-state index contributed by atoms with van der Waals surface area (Å²) in [7, 11) is -3.31. The van der Waals surface area contributed by atoms with E-state index in [4.69, 9.17) is 13.8 Å². The van der Waals surface area contributed by atoms with E-state index in [2.05, 4.69) is 20.4 Å². The van der Waals surface area contributed by atoms with Crippen LogP contribution in [-0.2, 0) is 31.5 Å². The molecule has 0 radical (unpaired) electrons. The Balaban J connectivity index is 2.05. The van der Waals surface area contributed by atoms with Gasteiger partial charge in [0.15, 0.2) is 0 Å². The van der Waals surface area contributed by atoms with Gasteiger partial charge in [-0.25, -0.2) is 4.79 Å². The van der Waals surface area contributed by atoms with Gasteiger partial charge in [-0.05, 0) is 20.8 Å².